The van der Waals surface area contributed by atoms with E-state index in [-0.39, 0.29) is 11.3 Å². The summed E-state index contributed by atoms with van der Waals surface area (Å²) in [5, 5.41) is 19.7. The van der Waals surface area contributed by atoms with Crippen molar-refractivity contribution in [3.63, 3.8) is 0 Å². The molecule has 0 spiro atoms. The summed E-state index contributed by atoms with van der Waals surface area (Å²) < 4.78 is 0. The van der Waals surface area contributed by atoms with Crippen LogP contribution >= 0.6 is 0 Å². The first kappa shape index (κ1) is 19.3. The average molecular weight is 316 g/mol. The summed E-state index contributed by atoms with van der Waals surface area (Å²) in [6.07, 6.45) is 9.58. The quantitative estimate of drug-likeness (QED) is 0.468. The van der Waals surface area contributed by atoms with Crippen LogP contribution in [-0.4, -0.2) is 21.8 Å². The molecule has 1 rings (SSSR count). The van der Waals surface area contributed by atoms with E-state index < -0.39 is 11.6 Å². The predicted molar refractivity (Wildman–Crippen MR) is 93.8 cm³/mol. The molecule has 0 aromatic carbocycles. The predicted octanol–water partition coefficient (Wildman–Crippen LogP) is 4.10. The summed E-state index contributed by atoms with van der Waals surface area (Å²) in [6, 6.07) is 0. The van der Waals surface area contributed by atoms with Crippen molar-refractivity contribution in [3.8, 4) is 11.8 Å². The number of aliphatic carboxylic acids is 1. The lowest BCUT2D eigenvalue weighted by Gasteiger charge is -2.47. The van der Waals surface area contributed by atoms with Gasteiger partial charge in [-0.1, -0.05) is 57.3 Å². The minimum atomic E-state index is -0.969. The Morgan fingerprint density at radius 3 is 2.52 bits per heavy atom. The van der Waals surface area contributed by atoms with Gasteiger partial charge in [-0.05, 0) is 43.8 Å². The highest BCUT2D eigenvalue weighted by molar-refractivity contribution is 5.81. The van der Waals surface area contributed by atoms with E-state index in [4.69, 9.17) is 5.11 Å². The SMILES string of the molecule is CC(C#CC1(O)C(C)CCCC1(C)C)=CC=CC(C)=CC(=O)O. The third-order valence-corrected chi connectivity index (χ3v) is 4.69. The zero-order valence-corrected chi connectivity index (χ0v) is 14.8. The van der Waals surface area contributed by atoms with Crippen molar-refractivity contribution in [2.75, 3.05) is 0 Å². The van der Waals surface area contributed by atoms with E-state index >= 15 is 0 Å². The van der Waals surface area contributed by atoms with E-state index in [0.29, 0.717) is 5.57 Å². The van der Waals surface area contributed by atoms with Crippen molar-refractivity contribution in [1.82, 2.24) is 0 Å². The number of carboxylic acids is 1. The molecule has 1 saturated carbocycles. The molecule has 0 aromatic heterocycles. The van der Waals surface area contributed by atoms with Crippen molar-refractivity contribution >= 4 is 5.97 Å². The second kappa shape index (κ2) is 7.66. The van der Waals surface area contributed by atoms with Crippen molar-refractivity contribution in [3.05, 3.63) is 35.5 Å². The number of allylic oxidation sites excluding steroid dienone is 5. The molecule has 1 aliphatic carbocycles. The third kappa shape index (κ3) is 5.11. The van der Waals surface area contributed by atoms with E-state index in [1.54, 1.807) is 19.1 Å². The van der Waals surface area contributed by atoms with Gasteiger partial charge >= 0.3 is 5.97 Å². The first-order valence-electron chi connectivity index (χ1n) is 8.10. The zero-order chi connectivity index (χ0) is 17.7. The molecule has 1 aliphatic rings. The van der Waals surface area contributed by atoms with Crippen LogP contribution < -0.4 is 0 Å². The van der Waals surface area contributed by atoms with Gasteiger partial charge in [0.05, 0.1) is 0 Å². The van der Waals surface area contributed by atoms with Crippen LogP contribution in [0.5, 0.6) is 0 Å². The fourth-order valence-corrected chi connectivity index (χ4v) is 3.03. The lowest BCUT2D eigenvalue weighted by Crippen LogP contribution is -2.51. The van der Waals surface area contributed by atoms with Gasteiger partial charge < -0.3 is 10.2 Å². The van der Waals surface area contributed by atoms with E-state index in [0.717, 1.165) is 30.9 Å². The molecule has 1 fully saturated rings. The molecule has 3 heteroatoms. The molecule has 2 N–H and O–H groups in total. The number of carbonyl (C=O) groups is 1. The highest BCUT2D eigenvalue weighted by Gasteiger charge is 2.48. The van der Waals surface area contributed by atoms with Crippen LogP contribution in [0.2, 0.25) is 0 Å². The summed E-state index contributed by atoms with van der Waals surface area (Å²) in [5.74, 6) is 5.37. The highest BCUT2D eigenvalue weighted by Crippen LogP contribution is 2.46. The van der Waals surface area contributed by atoms with Gasteiger partial charge in [0, 0.05) is 11.5 Å². The highest BCUT2D eigenvalue weighted by atomic mass is 16.4. The van der Waals surface area contributed by atoms with Gasteiger partial charge in [-0.15, -0.1) is 0 Å². The Morgan fingerprint density at radius 1 is 1.30 bits per heavy atom. The Kier molecular flexibility index (Phi) is 6.41. The number of hydrogen-bond donors (Lipinski definition) is 2. The zero-order valence-electron chi connectivity index (χ0n) is 14.8. The van der Waals surface area contributed by atoms with Crippen LogP contribution in [0.25, 0.3) is 0 Å². The van der Waals surface area contributed by atoms with Gasteiger partial charge in [0.25, 0.3) is 0 Å². The van der Waals surface area contributed by atoms with Crippen LogP contribution in [-0.2, 0) is 4.79 Å². The maximum atomic E-state index is 11.0. The van der Waals surface area contributed by atoms with Crippen molar-refractivity contribution < 1.29 is 15.0 Å². The van der Waals surface area contributed by atoms with Crippen molar-refractivity contribution in [2.24, 2.45) is 11.3 Å². The molecule has 0 aromatic rings. The molecular weight excluding hydrogens is 288 g/mol. The maximum Gasteiger partial charge on any atom is 0.328 e. The Morgan fingerprint density at radius 2 is 1.96 bits per heavy atom. The molecule has 0 amide bonds. The standard InChI is InChI=1S/C20H28O3/c1-15(8-6-9-16(2)14-18(21)22)11-13-20(23)17(3)10-7-12-19(20,4)5/h6,8-9,14,17,23H,7,10,12H2,1-5H3,(H,21,22). The molecule has 3 nitrogen and oxygen atoms in total. The summed E-state index contributed by atoms with van der Waals surface area (Å²) in [4.78, 5) is 10.5. The number of carboxylic acid groups (broad SMARTS) is 1. The fourth-order valence-electron chi connectivity index (χ4n) is 3.03. The minimum absolute atomic E-state index is 0.155. The largest absolute Gasteiger partial charge is 0.478 e. The number of hydrogen-bond acceptors (Lipinski definition) is 2. The van der Waals surface area contributed by atoms with Crippen LogP contribution in [0, 0.1) is 23.2 Å². The van der Waals surface area contributed by atoms with E-state index in [1.165, 1.54) is 0 Å². The molecule has 0 heterocycles. The Hall–Kier alpha value is -1.79. The first-order valence-corrected chi connectivity index (χ1v) is 8.10. The normalized spacial score (nSPS) is 28.3. The van der Waals surface area contributed by atoms with Crippen molar-refractivity contribution in [1.29, 1.82) is 0 Å². The monoisotopic (exact) mass is 316 g/mol. The summed E-state index contributed by atoms with van der Waals surface area (Å²) in [6.45, 7) is 9.84. The molecule has 2 unspecified atom stereocenters. The molecule has 0 bridgehead atoms. The molecular formula is C20H28O3. The average Bonchev–Trinajstić information content (AvgIpc) is 2.42. The lowest BCUT2D eigenvalue weighted by atomic mass is 9.61. The topological polar surface area (TPSA) is 57.5 Å². The van der Waals surface area contributed by atoms with Crippen LogP contribution in [0.4, 0.5) is 0 Å². The van der Waals surface area contributed by atoms with Crippen molar-refractivity contribution in [2.45, 2.75) is 59.5 Å². The number of rotatable bonds is 3. The van der Waals surface area contributed by atoms with E-state index in [1.807, 2.05) is 13.0 Å². The molecule has 0 saturated heterocycles. The van der Waals surface area contributed by atoms with Crippen LogP contribution in [0.1, 0.15) is 53.9 Å². The summed E-state index contributed by atoms with van der Waals surface area (Å²) in [5.41, 5.74) is 0.319. The van der Waals surface area contributed by atoms with Crippen LogP contribution in [0.3, 0.4) is 0 Å². The summed E-state index contributed by atoms with van der Waals surface area (Å²) in [7, 11) is 0. The third-order valence-electron chi connectivity index (χ3n) is 4.69. The molecule has 23 heavy (non-hydrogen) atoms. The van der Waals surface area contributed by atoms with Gasteiger partial charge in [0.2, 0.25) is 0 Å². The second-order valence-electron chi connectivity index (χ2n) is 7.13. The lowest BCUT2D eigenvalue weighted by molar-refractivity contribution is -0.131. The Balaban J connectivity index is 2.90. The number of aliphatic hydroxyl groups is 1. The molecule has 0 radical (unpaired) electrons. The molecule has 2 atom stereocenters. The van der Waals surface area contributed by atoms with E-state index in [2.05, 4.69) is 32.6 Å². The molecule has 126 valence electrons. The maximum absolute atomic E-state index is 11.0. The van der Waals surface area contributed by atoms with E-state index in [9.17, 15) is 9.90 Å². The van der Waals surface area contributed by atoms with Crippen LogP contribution in [0.15, 0.2) is 35.5 Å². The van der Waals surface area contributed by atoms with Gasteiger partial charge in [-0.2, -0.15) is 0 Å². The van der Waals surface area contributed by atoms with Gasteiger partial charge in [0.1, 0.15) is 5.60 Å². The van der Waals surface area contributed by atoms with Gasteiger partial charge in [0.15, 0.2) is 0 Å². The second-order valence-corrected chi connectivity index (χ2v) is 7.13. The minimum Gasteiger partial charge on any atom is -0.478 e. The Bertz CT molecular complexity index is 596. The molecule has 0 aliphatic heterocycles. The summed E-state index contributed by atoms with van der Waals surface area (Å²) >= 11 is 0. The fraction of sp³-hybridized carbons (Fsp3) is 0.550. The first-order chi connectivity index (χ1) is 10.6. The smallest absolute Gasteiger partial charge is 0.328 e. The van der Waals surface area contributed by atoms with Gasteiger partial charge in [-0.25, -0.2) is 4.79 Å². The van der Waals surface area contributed by atoms with Gasteiger partial charge in [-0.3, -0.25) is 0 Å². The Labute approximate surface area is 139 Å².